The molecular weight excluding hydrogens is 570 g/mol. The molecule has 228 valence electrons. The van der Waals surface area contributed by atoms with Crippen LogP contribution in [0.1, 0.15) is 56.2 Å². The Morgan fingerprint density at radius 2 is 1.57 bits per heavy atom. The Kier molecular flexibility index (Phi) is 10.5. The predicted octanol–water partition coefficient (Wildman–Crippen LogP) is 4.48. The van der Waals surface area contributed by atoms with Crippen molar-refractivity contribution in [2.45, 2.75) is 81.1 Å². The van der Waals surface area contributed by atoms with Crippen molar-refractivity contribution in [1.29, 1.82) is 0 Å². The minimum absolute atomic E-state index is 0. The van der Waals surface area contributed by atoms with Gasteiger partial charge in [0.1, 0.15) is 12.1 Å². The first-order valence-corrected chi connectivity index (χ1v) is 16.7. The van der Waals surface area contributed by atoms with Crippen LogP contribution in [0.5, 0.6) is 0 Å². The Hall–Kier alpha value is -2.68. The summed E-state index contributed by atoms with van der Waals surface area (Å²) in [5, 5.41) is 5.71. The van der Waals surface area contributed by atoms with Crippen molar-refractivity contribution in [1.82, 2.24) is 15.5 Å². The topological polar surface area (TPSA) is 95.6 Å². The number of hydrogen-bond donors (Lipinski definition) is 2. The molecule has 0 saturated carbocycles. The second-order valence-electron chi connectivity index (χ2n) is 11.9. The number of rotatable bonds is 10. The summed E-state index contributed by atoms with van der Waals surface area (Å²) in [6, 6.07) is 13.9. The second kappa shape index (κ2) is 13.7. The molecule has 0 aromatic heterocycles. The molecular formula is C33H44ClN3O4S. The van der Waals surface area contributed by atoms with Gasteiger partial charge in [0.05, 0.1) is 10.1 Å². The number of piperazine rings is 1. The highest BCUT2D eigenvalue weighted by atomic mass is 35.5. The third-order valence-corrected chi connectivity index (χ3v) is 11.9. The molecule has 2 aliphatic heterocycles. The normalized spacial score (nSPS) is 22.4. The van der Waals surface area contributed by atoms with E-state index >= 15 is 0 Å². The van der Waals surface area contributed by atoms with E-state index in [4.69, 9.17) is 0 Å². The molecule has 9 heteroatoms. The smallest absolute Gasteiger partial charge is 0.246 e. The van der Waals surface area contributed by atoms with E-state index in [9.17, 15) is 18.0 Å². The molecule has 3 aliphatic rings. The Morgan fingerprint density at radius 3 is 2.17 bits per heavy atom. The molecule has 2 aromatic rings. The number of amides is 2. The van der Waals surface area contributed by atoms with E-state index in [1.54, 1.807) is 29.2 Å². The number of piperidine rings is 1. The standard InChI is InChI=1S/C33H43N3O4S.ClH/c1-4-22(5-2)31-32(37)35-30(27-19-24-11-7-8-12-25(24)20-27)33(38)36(31)21-26-13-9-10-14-29(26)41(39,40)28(6-3)23-15-17-34-18-16-23;/h6-14,22-23,27-28,30-31,34H,3-5,15-21H2,1-2H3,(H,35,37);1H. The summed E-state index contributed by atoms with van der Waals surface area (Å²) in [5.41, 5.74) is 3.00. The molecule has 5 rings (SSSR count). The summed E-state index contributed by atoms with van der Waals surface area (Å²) in [7, 11) is -3.76. The lowest BCUT2D eigenvalue weighted by Gasteiger charge is -2.44. The Balaban J connectivity index is 0.00000405. The number of benzene rings is 2. The summed E-state index contributed by atoms with van der Waals surface area (Å²) in [6.45, 7) is 9.63. The number of fused-ring (bicyclic) bond motifs is 1. The molecule has 42 heavy (non-hydrogen) atoms. The first-order chi connectivity index (χ1) is 19.8. The molecule has 2 aromatic carbocycles. The van der Waals surface area contributed by atoms with Gasteiger partial charge in [-0.2, -0.15) is 0 Å². The minimum Gasteiger partial charge on any atom is -0.342 e. The largest absolute Gasteiger partial charge is 0.342 e. The van der Waals surface area contributed by atoms with Crippen LogP contribution in [0.4, 0.5) is 0 Å². The molecule has 1 aliphatic carbocycles. The number of carbonyl (C=O) groups excluding carboxylic acids is 2. The van der Waals surface area contributed by atoms with Gasteiger partial charge in [-0.15, -0.1) is 19.0 Å². The lowest BCUT2D eigenvalue weighted by Crippen LogP contribution is -2.66. The van der Waals surface area contributed by atoms with Gasteiger partial charge in [0.25, 0.3) is 0 Å². The summed E-state index contributed by atoms with van der Waals surface area (Å²) < 4.78 is 28.2. The maximum absolute atomic E-state index is 14.3. The summed E-state index contributed by atoms with van der Waals surface area (Å²) in [4.78, 5) is 30.0. The number of carbonyl (C=O) groups is 2. The number of nitrogens with zero attached hydrogens (tertiary/aromatic N) is 1. The van der Waals surface area contributed by atoms with E-state index < -0.39 is 27.2 Å². The van der Waals surface area contributed by atoms with Crippen LogP contribution < -0.4 is 10.6 Å². The Labute approximate surface area is 256 Å². The molecule has 0 bridgehead atoms. The van der Waals surface area contributed by atoms with Gasteiger partial charge >= 0.3 is 0 Å². The third kappa shape index (κ3) is 6.17. The monoisotopic (exact) mass is 613 g/mol. The van der Waals surface area contributed by atoms with Crippen LogP contribution in [0.3, 0.4) is 0 Å². The van der Waals surface area contributed by atoms with E-state index in [2.05, 4.69) is 29.3 Å². The second-order valence-corrected chi connectivity index (χ2v) is 13.9. The third-order valence-electron chi connectivity index (χ3n) is 9.56. The molecule has 0 spiro atoms. The van der Waals surface area contributed by atoms with Gasteiger partial charge < -0.3 is 15.5 Å². The quantitative estimate of drug-likeness (QED) is 0.385. The summed E-state index contributed by atoms with van der Waals surface area (Å²) in [5.74, 6) is -0.332. The molecule has 2 amide bonds. The van der Waals surface area contributed by atoms with E-state index in [1.807, 2.05) is 32.0 Å². The highest BCUT2D eigenvalue weighted by Gasteiger charge is 2.47. The van der Waals surface area contributed by atoms with Gasteiger partial charge in [-0.25, -0.2) is 8.42 Å². The fourth-order valence-corrected chi connectivity index (χ4v) is 9.36. The maximum Gasteiger partial charge on any atom is 0.246 e. The van der Waals surface area contributed by atoms with Crippen LogP contribution in [0.2, 0.25) is 0 Å². The van der Waals surface area contributed by atoms with Crippen LogP contribution in [0, 0.1) is 17.8 Å². The average molecular weight is 614 g/mol. The number of halogens is 1. The molecule has 0 radical (unpaired) electrons. The predicted molar refractivity (Wildman–Crippen MR) is 168 cm³/mol. The maximum atomic E-state index is 14.3. The van der Waals surface area contributed by atoms with Gasteiger partial charge in [0.15, 0.2) is 9.84 Å². The Morgan fingerprint density at radius 1 is 0.976 bits per heavy atom. The van der Waals surface area contributed by atoms with Crippen LogP contribution in [0.15, 0.2) is 66.1 Å². The van der Waals surface area contributed by atoms with Crippen molar-refractivity contribution in [3.63, 3.8) is 0 Å². The minimum atomic E-state index is -3.76. The van der Waals surface area contributed by atoms with E-state index in [0.717, 1.165) is 51.6 Å². The molecule has 7 nitrogen and oxygen atoms in total. The summed E-state index contributed by atoms with van der Waals surface area (Å²) in [6.07, 6.45) is 6.06. The fourth-order valence-electron chi connectivity index (χ4n) is 7.27. The van der Waals surface area contributed by atoms with Gasteiger partial charge in [-0.3, -0.25) is 9.59 Å². The van der Waals surface area contributed by atoms with Gasteiger partial charge in [-0.05, 0) is 79.3 Å². The number of sulfone groups is 1. The van der Waals surface area contributed by atoms with Crippen molar-refractivity contribution < 1.29 is 18.0 Å². The van der Waals surface area contributed by atoms with Crippen LogP contribution in [0.25, 0.3) is 0 Å². The van der Waals surface area contributed by atoms with Crippen molar-refractivity contribution in [2.24, 2.45) is 17.8 Å². The van der Waals surface area contributed by atoms with Gasteiger partial charge in [0.2, 0.25) is 11.8 Å². The van der Waals surface area contributed by atoms with E-state index in [1.165, 1.54) is 11.1 Å². The van der Waals surface area contributed by atoms with Crippen molar-refractivity contribution in [2.75, 3.05) is 13.1 Å². The average Bonchev–Trinajstić information content (AvgIpc) is 3.42. The molecule has 3 atom stereocenters. The van der Waals surface area contributed by atoms with Crippen molar-refractivity contribution in [3.05, 3.63) is 77.9 Å². The fraction of sp³-hybridized carbons (Fsp3) is 0.515. The zero-order chi connectivity index (χ0) is 29.1. The lowest BCUT2D eigenvalue weighted by molar-refractivity contribution is -0.154. The van der Waals surface area contributed by atoms with Crippen LogP contribution >= 0.6 is 12.4 Å². The van der Waals surface area contributed by atoms with Crippen molar-refractivity contribution >= 4 is 34.1 Å². The molecule has 2 fully saturated rings. The van der Waals surface area contributed by atoms with Crippen LogP contribution in [-0.2, 0) is 38.8 Å². The molecule has 2 heterocycles. The highest BCUT2D eigenvalue weighted by molar-refractivity contribution is 7.92. The molecule has 3 unspecified atom stereocenters. The van der Waals surface area contributed by atoms with Crippen molar-refractivity contribution in [3.8, 4) is 0 Å². The Bertz CT molecular complexity index is 1360. The van der Waals surface area contributed by atoms with Crippen LogP contribution in [-0.4, -0.2) is 55.6 Å². The molecule has 2 N–H and O–H groups in total. The van der Waals surface area contributed by atoms with E-state index in [0.29, 0.717) is 5.56 Å². The highest BCUT2D eigenvalue weighted by Crippen LogP contribution is 2.35. The van der Waals surface area contributed by atoms with E-state index in [-0.39, 0.29) is 53.4 Å². The summed E-state index contributed by atoms with van der Waals surface area (Å²) >= 11 is 0. The SMILES string of the molecule is C=CC(C1CCNCC1)S(=O)(=O)c1ccccc1CN1C(=O)C(C2Cc3ccccc3C2)NC(=O)C1C(CC)CC.Cl. The van der Waals surface area contributed by atoms with Gasteiger partial charge in [-0.1, -0.05) is 75.2 Å². The zero-order valence-corrected chi connectivity index (χ0v) is 26.3. The first kappa shape index (κ1) is 32.2. The number of hydrogen-bond acceptors (Lipinski definition) is 5. The lowest BCUT2D eigenvalue weighted by atomic mass is 9.86. The number of nitrogens with one attached hydrogen (secondary N) is 2. The molecule has 2 saturated heterocycles. The van der Waals surface area contributed by atoms with Gasteiger partial charge in [0, 0.05) is 6.54 Å². The first-order valence-electron chi connectivity index (χ1n) is 15.1. The zero-order valence-electron chi connectivity index (χ0n) is 24.6.